The first-order valence-corrected chi connectivity index (χ1v) is 13.2. The van der Waals surface area contributed by atoms with E-state index in [0.717, 1.165) is 12.8 Å². The van der Waals surface area contributed by atoms with Crippen LogP contribution in [-0.4, -0.2) is 108 Å². The van der Waals surface area contributed by atoms with Crippen molar-refractivity contribution < 1.29 is 24.3 Å². The predicted octanol–water partition coefficient (Wildman–Crippen LogP) is -1.26. The number of aliphatic carboxylic acids is 1. The van der Waals surface area contributed by atoms with E-state index in [1.54, 1.807) is 14.0 Å². The summed E-state index contributed by atoms with van der Waals surface area (Å²) in [6, 6.07) is -0.963. The molecule has 0 radical (unpaired) electrons. The summed E-state index contributed by atoms with van der Waals surface area (Å²) in [5.41, 5.74) is 0.0300. The van der Waals surface area contributed by atoms with Gasteiger partial charge in [-0.15, -0.1) is 11.8 Å². The van der Waals surface area contributed by atoms with Crippen LogP contribution in [0.4, 0.5) is 0 Å². The van der Waals surface area contributed by atoms with E-state index in [1.807, 2.05) is 11.8 Å². The minimum atomic E-state index is -1.13. The Balaban J connectivity index is 1.40. The van der Waals surface area contributed by atoms with E-state index in [-0.39, 0.29) is 59.3 Å². The molecule has 0 aromatic rings. The van der Waals surface area contributed by atoms with Gasteiger partial charge in [0.2, 0.25) is 17.7 Å². The molecule has 198 valence electrons. The van der Waals surface area contributed by atoms with Gasteiger partial charge in [-0.25, -0.2) is 4.79 Å². The minimum absolute atomic E-state index is 0.00357. The van der Waals surface area contributed by atoms with Crippen molar-refractivity contribution in [2.75, 3.05) is 33.2 Å². The molecule has 3 fully saturated rings. The third kappa shape index (κ3) is 4.83. The van der Waals surface area contributed by atoms with Gasteiger partial charge in [0.1, 0.15) is 5.70 Å². The van der Waals surface area contributed by atoms with Gasteiger partial charge in [0.05, 0.1) is 30.9 Å². The zero-order valence-electron chi connectivity index (χ0n) is 20.7. The summed E-state index contributed by atoms with van der Waals surface area (Å²) >= 11 is 1.45. The highest BCUT2D eigenvalue weighted by molar-refractivity contribution is 8.03. The third-order valence-electron chi connectivity index (χ3n) is 7.56. The first-order valence-electron chi connectivity index (χ1n) is 12.4. The maximum absolute atomic E-state index is 13.0. The maximum atomic E-state index is 13.0. The second-order valence-corrected chi connectivity index (χ2v) is 11.3. The molecule has 36 heavy (non-hydrogen) atoms. The number of carboxylic acids is 1. The highest BCUT2D eigenvalue weighted by Gasteiger charge is 2.60. The number of fused-ring (bicyclic) bond motifs is 1. The first-order chi connectivity index (χ1) is 17.2. The van der Waals surface area contributed by atoms with Crippen LogP contribution in [0.2, 0.25) is 0 Å². The molecule has 0 aromatic carbocycles. The topological polar surface area (TPSA) is 167 Å². The molecule has 0 aliphatic carbocycles. The van der Waals surface area contributed by atoms with Crippen molar-refractivity contribution in [3.63, 3.8) is 0 Å². The van der Waals surface area contributed by atoms with Gasteiger partial charge in [0.15, 0.2) is 0 Å². The van der Waals surface area contributed by atoms with E-state index >= 15 is 0 Å². The number of carboxylic acid groups (broad SMARTS) is 1. The number of nitrogens with one attached hydrogen (secondary N) is 5. The van der Waals surface area contributed by atoms with Crippen molar-refractivity contribution in [3.8, 4) is 0 Å². The van der Waals surface area contributed by atoms with Gasteiger partial charge in [-0.1, -0.05) is 6.92 Å². The Bertz CT molecular complexity index is 974. The second kappa shape index (κ2) is 10.8. The van der Waals surface area contributed by atoms with Crippen LogP contribution in [0.25, 0.3) is 0 Å². The number of β-lactam (4-membered cyclic amide) rings is 1. The van der Waals surface area contributed by atoms with Crippen molar-refractivity contribution in [2.45, 2.75) is 56.1 Å². The van der Waals surface area contributed by atoms with Crippen LogP contribution in [0.5, 0.6) is 0 Å². The van der Waals surface area contributed by atoms with E-state index in [0.29, 0.717) is 31.0 Å². The van der Waals surface area contributed by atoms with Gasteiger partial charge < -0.3 is 36.2 Å². The van der Waals surface area contributed by atoms with Crippen LogP contribution >= 0.6 is 11.8 Å². The molecule has 0 saturated carbocycles. The van der Waals surface area contributed by atoms with E-state index in [9.17, 15) is 24.3 Å². The Morgan fingerprint density at radius 2 is 2.11 bits per heavy atom. The van der Waals surface area contributed by atoms with Crippen LogP contribution in [0, 0.1) is 17.2 Å². The third-order valence-corrected chi connectivity index (χ3v) is 9.07. The predicted molar refractivity (Wildman–Crippen MR) is 134 cm³/mol. The number of likely N-dealkylation sites (N-methyl/N-ethyl adjacent to an activating group) is 1. The van der Waals surface area contributed by atoms with Gasteiger partial charge in [-0.05, 0) is 26.8 Å². The molecule has 0 spiro atoms. The Kier molecular flexibility index (Phi) is 7.90. The highest BCUT2D eigenvalue weighted by atomic mass is 32.2. The number of hydrogen-bond donors (Lipinski definition) is 6. The Morgan fingerprint density at radius 3 is 2.78 bits per heavy atom. The summed E-state index contributed by atoms with van der Waals surface area (Å²) in [6.45, 7) is 5.64. The lowest BCUT2D eigenvalue weighted by atomic mass is 9.78. The smallest absolute Gasteiger partial charge is 0.353 e. The lowest BCUT2D eigenvalue weighted by molar-refractivity contribution is -0.158. The number of hydrogen-bond acceptors (Lipinski definition) is 8. The molecule has 3 saturated heterocycles. The van der Waals surface area contributed by atoms with Crippen molar-refractivity contribution >= 4 is 41.8 Å². The summed E-state index contributed by atoms with van der Waals surface area (Å²) in [5.74, 6) is -2.27. The van der Waals surface area contributed by atoms with Crippen LogP contribution < -0.4 is 21.3 Å². The number of rotatable bonds is 10. The molecule has 0 bridgehead atoms. The normalized spacial score (nSPS) is 32.2. The maximum Gasteiger partial charge on any atom is 0.353 e. The number of carbonyl (C=O) groups excluding carboxylic acids is 3. The zero-order chi connectivity index (χ0) is 26.1. The van der Waals surface area contributed by atoms with Gasteiger partial charge in [0, 0.05) is 47.8 Å². The monoisotopic (exact) mass is 521 g/mol. The lowest BCUT2D eigenvalue weighted by Crippen LogP contribution is -2.66. The molecule has 13 heteroatoms. The number of carbonyl (C=O) groups is 4. The summed E-state index contributed by atoms with van der Waals surface area (Å²) < 4.78 is 0. The Hall–Kier alpha value is -2.64. The largest absolute Gasteiger partial charge is 0.477 e. The van der Waals surface area contributed by atoms with Gasteiger partial charge in [-0.3, -0.25) is 19.8 Å². The van der Waals surface area contributed by atoms with E-state index in [1.165, 1.54) is 16.7 Å². The van der Waals surface area contributed by atoms with Gasteiger partial charge >= 0.3 is 5.97 Å². The number of thioether (sulfide) groups is 1. The van der Waals surface area contributed by atoms with E-state index in [4.69, 9.17) is 5.41 Å². The highest BCUT2D eigenvalue weighted by Crippen LogP contribution is 2.51. The lowest BCUT2D eigenvalue weighted by Gasteiger charge is -2.47. The molecule has 1 unspecified atom stereocenters. The van der Waals surface area contributed by atoms with E-state index in [2.05, 4.69) is 21.3 Å². The molecule has 7 atom stereocenters. The van der Waals surface area contributed by atoms with Crippen LogP contribution in [-0.2, 0) is 19.2 Å². The molecule has 4 heterocycles. The molecular weight excluding hydrogens is 486 g/mol. The first kappa shape index (κ1) is 26.4. The fourth-order valence-corrected chi connectivity index (χ4v) is 7.33. The zero-order valence-corrected chi connectivity index (χ0v) is 21.6. The number of amides is 3. The summed E-state index contributed by atoms with van der Waals surface area (Å²) in [5, 5.41) is 29.0. The molecule has 3 amide bonds. The Morgan fingerprint density at radius 1 is 1.36 bits per heavy atom. The molecule has 12 nitrogen and oxygen atoms in total. The fourth-order valence-electron chi connectivity index (χ4n) is 5.85. The van der Waals surface area contributed by atoms with Gasteiger partial charge in [0.25, 0.3) is 0 Å². The van der Waals surface area contributed by atoms with Crippen LogP contribution in [0.1, 0.15) is 26.7 Å². The van der Waals surface area contributed by atoms with Gasteiger partial charge in [-0.2, -0.15) is 0 Å². The number of likely N-dealkylation sites (tertiary alicyclic amines) is 1. The molecule has 6 N–H and O–H groups in total. The molecule has 0 aromatic heterocycles. The van der Waals surface area contributed by atoms with Crippen LogP contribution in [0.15, 0.2) is 10.6 Å². The Labute approximate surface area is 214 Å². The SMILES string of the molecule is CNCC(=O)N[C@H](C)[C@H]1C(=O)N2C(C(=O)O)=C(S[C@@H]3CN[C@H](C(=O)N4CC[C@H](NC=N)C4)C3)[C@H](C)C12. The standard InChI is InChI=1S/C23H35N7O5S/c1-11-18-17(12(2)28-16(31)8-25-3)22(33)30(18)19(23(34)35)20(11)36-14-6-15(26-7-14)21(32)29-5-4-13(9-29)27-10-24/h10-15,17-18,25-26H,4-9H2,1-3H3,(H2,24,27)(H,28,31)(H,34,35)/t11-,12-,13+,14+,15+,17-,18?/m1/s1. The van der Waals surface area contributed by atoms with E-state index < -0.39 is 17.9 Å². The quantitative estimate of drug-likeness (QED) is 0.117. The summed E-state index contributed by atoms with van der Waals surface area (Å²) in [7, 11) is 1.67. The summed E-state index contributed by atoms with van der Waals surface area (Å²) in [4.78, 5) is 54.1. The average molecular weight is 522 g/mol. The van der Waals surface area contributed by atoms with Crippen molar-refractivity contribution in [3.05, 3.63) is 10.6 Å². The summed E-state index contributed by atoms with van der Waals surface area (Å²) in [6.07, 6.45) is 2.54. The van der Waals surface area contributed by atoms with Crippen molar-refractivity contribution in [1.82, 2.24) is 31.1 Å². The molecular formula is C23H35N7O5S. The molecule has 4 aliphatic rings. The minimum Gasteiger partial charge on any atom is -0.477 e. The second-order valence-electron chi connectivity index (χ2n) is 9.94. The fraction of sp³-hybridized carbons (Fsp3) is 0.696. The molecule has 4 aliphatic heterocycles. The number of nitrogens with zero attached hydrogens (tertiary/aromatic N) is 2. The average Bonchev–Trinajstić information content (AvgIpc) is 3.53. The van der Waals surface area contributed by atoms with Crippen LogP contribution in [0.3, 0.4) is 0 Å². The van der Waals surface area contributed by atoms with Crippen molar-refractivity contribution in [2.24, 2.45) is 11.8 Å². The molecule has 4 rings (SSSR count). The van der Waals surface area contributed by atoms with Crippen molar-refractivity contribution in [1.29, 1.82) is 5.41 Å².